The van der Waals surface area contributed by atoms with Gasteiger partial charge < -0.3 is 10.1 Å². The molecule has 0 aliphatic carbocycles. The van der Waals surface area contributed by atoms with Gasteiger partial charge in [0.2, 0.25) is 10.0 Å². The first-order chi connectivity index (χ1) is 10.9. The lowest BCUT2D eigenvalue weighted by Crippen LogP contribution is -2.36. The van der Waals surface area contributed by atoms with Gasteiger partial charge in [-0.05, 0) is 50.5 Å². The Kier molecular flexibility index (Phi) is 5.64. The van der Waals surface area contributed by atoms with Crippen LogP contribution < -0.4 is 9.62 Å². The Morgan fingerprint density at radius 2 is 2.17 bits per heavy atom. The van der Waals surface area contributed by atoms with Gasteiger partial charge in [-0.25, -0.2) is 8.42 Å². The van der Waals surface area contributed by atoms with E-state index in [0.717, 1.165) is 12.0 Å². The van der Waals surface area contributed by atoms with Crippen LogP contribution in [-0.4, -0.2) is 46.4 Å². The van der Waals surface area contributed by atoms with Gasteiger partial charge in [-0.15, -0.1) is 0 Å². The van der Waals surface area contributed by atoms with E-state index in [1.54, 1.807) is 32.2 Å². The average Bonchev–Trinajstić information content (AvgIpc) is 2.86. The SMILES string of the molecule is CCS(=O)(=O)N1c2ccc(C(=O)NCCCOC)cc2C[C@H]1C. The fourth-order valence-electron chi connectivity index (χ4n) is 2.83. The monoisotopic (exact) mass is 340 g/mol. The number of anilines is 1. The van der Waals surface area contributed by atoms with Crippen molar-refractivity contribution in [2.75, 3.05) is 30.3 Å². The highest BCUT2D eigenvalue weighted by Gasteiger charge is 2.34. The summed E-state index contributed by atoms with van der Waals surface area (Å²) in [5, 5.41) is 2.84. The zero-order valence-corrected chi connectivity index (χ0v) is 14.6. The topological polar surface area (TPSA) is 75.7 Å². The van der Waals surface area contributed by atoms with Crippen molar-refractivity contribution in [2.24, 2.45) is 0 Å². The van der Waals surface area contributed by atoms with Crippen molar-refractivity contribution < 1.29 is 17.9 Å². The van der Waals surface area contributed by atoms with Gasteiger partial charge in [-0.2, -0.15) is 0 Å². The fraction of sp³-hybridized carbons (Fsp3) is 0.562. The van der Waals surface area contributed by atoms with Crippen molar-refractivity contribution in [3.05, 3.63) is 29.3 Å². The van der Waals surface area contributed by atoms with Crippen LogP contribution in [0.3, 0.4) is 0 Å². The van der Waals surface area contributed by atoms with E-state index in [2.05, 4.69) is 5.32 Å². The van der Waals surface area contributed by atoms with Gasteiger partial charge in [-0.3, -0.25) is 9.10 Å². The van der Waals surface area contributed by atoms with Crippen molar-refractivity contribution in [1.82, 2.24) is 5.32 Å². The number of carbonyl (C=O) groups excluding carboxylic acids is 1. The number of hydrogen-bond acceptors (Lipinski definition) is 4. The van der Waals surface area contributed by atoms with Crippen LogP contribution in [0.15, 0.2) is 18.2 Å². The quantitative estimate of drug-likeness (QED) is 0.764. The van der Waals surface area contributed by atoms with Gasteiger partial charge in [0.05, 0.1) is 11.4 Å². The van der Waals surface area contributed by atoms with E-state index >= 15 is 0 Å². The minimum absolute atomic E-state index is 0.0680. The lowest BCUT2D eigenvalue weighted by atomic mass is 10.1. The molecular weight excluding hydrogens is 316 g/mol. The van der Waals surface area contributed by atoms with Crippen LogP contribution in [0.1, 0.15) is 36.2 Å². The lowest BCUT2D eigenvalue weighted by molar-refractivity contribution is 0.0948. The summed E-state index contributed by atoms with van der Waals surface area (Å²) in [5.41, 5.74) is 2.15. The summed E-state index contributed by atoms with van der Waals surface area (Å²) in [5.74, 6) is -0.0771. The average molecular weight is 340 g/mol. The van der Waals surface area contributed by atoms with Crippen LogP contribution in [0.25, 0.3) is 0 Å². The highest BCUT2D eigenvalue weighted by molar-refractivity contribution is 7.92. The Morgan fingerprint density at radius 1 is 1.43 bits per heavy atom. The van der Waals surface area contributed by atoms with E-state index in [1.807, 2.05) is 6.92 Å². The first-order valence-electron chi connectivity index (χ1n) is 7.83. The molecule has 1 amide bonds. The molecule has 0 bridgehead atoms. The Bertz CT molecular complexity index is 673. The predicted octanol–water partition coefficient (Wildman–Crippen LogP) is 1.55. The van der Waals surface area contributed by atoms with Gasteiger partial charge >= 0.3 is 0 Å². The lowest BCUT2D eigenvalue weighted by Gasteiger charge is -2.23. The van der Waals surface area contributed by atoms with Crippen LogP contribution in [0, 0.1) is 0 Å². The number of fused-ring (bicyclic) bond motifs is 1. The molecule has 0 unspecified atom stereocenters. The molecule has 6 nitrogen and oxygen atoms in total. The molecular formula is C16H24N2O4S. The third kappa shape index (κ3) is 3.84. The number of sulfonamides is 1. The molecule has 1 aromatic carbocycles. The van der Waals surface area contributed by atoms with Gasteiger partial charge in [0, 0.05) is 31.9 Å². The maximum absolute atomic E-state index is 12.2. The molecule has 0 saturated heterocycles. The molecule has 0 aromatic heterocycles. The molecule has 0 fully saturated rings. The number of ether oxygens (including phenoxy) is 1. The molecule has 1 heterocycles. The second kappa shape index (κ2) is 7.31. The Hall–Kier alpha value is -1.60. The third-order valence-corrected chi connectivity index (χ3v) is 5.86. The van der Waals surface area contributed by atoms with Crippen molar-refractivity contribution in [3.63, 3.8) is 0 Å². The van der Waals surface area contributed by atoms with Crippen LogP contribution in [0.2, 0.25) is 0 Å². The van der Waals surface area contributed by atoms with E-state index in [9.17, 15) is 13.2 Å². The number of nitrogens with one attached hydrogen (secondary N) is 1. The number of methoxy groups -OCH3 is 1. The van der Waals surface area contributed by atoms with Gasteiger partial charge in [-0.1, -0.05) is 0 Å². The predicted molar refractivity (Wildman–Crippen MR) is 90.4 cm³/mol. The Morgan fingerprint density at radius 3 is 2.83 bits per heavy atom. The second-order valence-corrected chi connectivity index (χ2v) is 7.83. The Balaban J connectivity index is 2.15. The molecule has 1 aliphatic rings. The van der Waals surface area contributed by atoms with Crippen molar-refractivity contribution >= 4 is 21.6 Å². The molecule has 1 aliphatic heterocycles. The van der Waals surface area contributed by atoms with Crippen LogP contribution in [-0.2, 0) is 21.2 Å². The molecule has 23 heavy (non-hydrogen) atoms. The molecule has 0 radical (unpaired) electrons. The molecule has 1 aromatic rings. The maximum Gasteiger partial charge on any atom is 0.251 e. The van der Waals surface area contributed by atoms with Crippen molar-refractivity contribution in [2.45, 2.75) is 32.7 Å². The molecule has 7 heteroatoms. The molecule has 0 saturated carbocycles. The fourth-order valence-corrected chi connectivity index (χ4v) is 4.21. The van der Waals surface area contributed by atoms with Gasteiger partial charge in [0.15, 0.2) is 0 Å². The Labute approximate surface area is 137 Å². The largest absolute Gasteiger partial charge is 0.385 e. The highest BCUT2D eigenvalue weighted by atomic mass is 32.2. The van der Waals surface area contributed by atoms with Gasteiger partial charge in [0.1, 0.15) is 0 Å². The summed E-state index contributed by atoms with van der Waals surface area (Å²) >= 11 is 0. The number of amides is 1. The molecule has 2 rings (SSSR count). The van der Waals surface area contributed by atoms with Crippen molar-refractivity contribution in [1.29, 1.82) is 0 Å². The zero-order valence-electron chi connectivity index (χ0n) is 13.8. The molecule has 128 valence electrons. The summed E-state index contributed by atoms with van der Waals surface area (Å²) in [4.78, 5) is 12.1. The summed E-state index contributed by atoms with van der Waals surface area (Å²) < 4.78 is 30.9. The molecule has 1 atom stereocenters. The van der Waals surface area contributed by atoms with E-state index in [4.69, 9.17) is 4.74 Å². The van der Waals surface area contributed by atoms with E-state index in [0.29, 0.717) is 30.8 Å². The highest BCUT2D eigenvalue weighted by Crippen LogP contribution is 2.35. The smallest absolute Gasteiger partial charge is 0.251 e. The number of nitrogens with zero attached hydrogens (tertiary/aromatic N) is 1. The van der Waals surface area contributed by atoms with E-state index < -0.39 is 10.0 Å². The summed E-state index contributed by atoms with van der Waals surface area (Å²) in [7, 11) is -1.67. The molecule has 1 N–H and O–H groups in total. The van der Waals surface area contributed by atoms with E-state index in [-0.39, 0.29) is 17.7 Å². The number of rotatable bonds is 7. The minimum Gasteiger partial charge on any atom is -0.385 e. The van der Waals surface area contributed by atoms with Crippen LogP contribution in [0.4, 0.5) is 5.69 Å². The van der Waals surface area contributed by atoms with Crippen LogP contribution in [0.5, 0.6) is 0 Å². The van der Waals surface area contributed by atoms with E-state index in [1.165, 1.54) is 4.31 Å². The standard InChI is InChI=1S/C16H24N2O4S/c1-4-23(20,21)18-12(2)10-14-11-13(6-7-15(14)18)16(19)17-8-5-9-22-3/h6-7,11-12H,4-5,8-10H2,1-3H3,(H,17,19)/t12-/m1/s1. The first kappa shape index (κ1) is 17.7. The number of carbonyl (C=O) groups is 1. The normalized spacial score (nSPS) is 17.2. The second-order valence-electron chi connectivity index (χ2n) is 5.70. The number of hydrogen-bond donors (Lipinski definition) is 1. The summed E-state index contributed by atoms with van der Waals surface area (Å²) in [6.45, 7) is 4.68. The minimum atomic E-state index is -3.30. The van der Waals surface area contributed by atoms with Crippen LogP contribution >= 0.6 is 0 Å². The van der Waals surface area contributed by atoms with Gasteiger partial charge in [0.25, 0.3) is 5.91 Å². The third-order valence-electron chi connectivity index (χ3n) is 3.97. The zero-order chi connectivity index (χ0) is 17.0. The summed E-state index contributed by atoms with van der Waals surface area (Å²) in [6.07, 6.45) is 1.38. The number of benzene rings is 1. The maximum atomic E-state index is 12.2. The van der Waals surface area contributed by atoms with Crippen molar-refractivity contribution in [3.8, 4) is 0 Å². The summed E-state index contributed by atoms with van der Waals surface area (Å²) in [6, 6.07) is 5.09. The molecule has 0 spiro atoms. The first-order valence-corrected chi connectivity index (χ1v) is 9.43.